The summed E-state index contributed by atoms with van der Waals surface area (Å²) < 4.78 is 16.6. The van der Waals surface area contributed by atoms with Gasteiger partial charge in [-0.15, -0.1) is 0 Å². The number of hydrogen-bond donors (Lipinski definition) is 1. The van der Waals surface area contributed by atoms with Gasteiger partial charge >= 0.3 is 11.9 Å². The molecule has 0 bridgehead atoms. The number of rotatable bonds is 4. The third kappa shape index (κ3) is 2.86. The van der Waals surface area contributed by atoms with Crippen molar-refractivity contribution < 1.29 is 28.9 Å². The van der Waals surface area contributed by atoms with Gasteiger partial charge in [0, 0.05) is 6.92 Å². The monoisotopic (exact) mass is 284 g/mol. The average molecular weight is 284 g/mol. The molecule has 1 N–H and O–H groups in total. The smallest absolute Gasteiger partial charge is 0.306 e. The number of carbonyl (C=O) groups is 2. The molecule has 1 aliphatic carbocycles. The number of ether oxygens (including phenoxy) is 3. The summed E-state index contributed by atoms with van der Waals surface area (Å²) in [7, 11) is 0. The zero-order valence-corrected chi connectivity index (χ0v) is 12.0. The van der Waals surface area contributed by atoms with Crippen molar-refractivity contribution >= 4 is 11.9 Å². The van der Waals surface area contributed by atoms with Gasteiger partial charge in [-0.3, -0.25) is 9.59 Å². The normalized spacial score (nSPS) is 33.1. The fourth-order valence-corrected chi connectivity index (χ4v) is 3.05. The molecule has 0 aromatic carbocycles. The highest BCUT2D eigenvalue weighted by Gasteiger charge is 2.59. The molecule has 0 spiro atoms. The van der Waals surface area contributed by atoms with Crippen molar-refractivity contribution in [2.75, 3.05) is 6.61 Å². The second kappa shape index (κ2) is 5.18. The number of hydrogen-bond acceptors (Lipinski definition) is 5. The second-order valence-corrected chi connectivity index (χ2v) is 5.64. The lowest BCUT2D eigenvalue weighted by Crippen LogP contribution is -2.40. The highest BCUT2D eigenvalue weighted by atomic mass is 16.8. The van der Waals surface area contributed by atoms with Gasteiger partial charge in [-0.05, 0) is 38.3 Å². The highest BCUT2D eigenvalue weighted by molar-refractivity contribution is 5.70. The molecule has 112 valence electrons. The van der Waals surface area contributed by atoms with Gasteiger partial charge in [0.05, 0.1) is 12.5 Å². The zero-order valence-electron chi connectivity index (χ0n) is 12.0. The summed E-state index contributed by atoms with van der Waals surface area (Å²) in [5.41, 5.74) is -0.0908. The standard InChI is InChI=1S/C14H20O6/c1-9(15)18-7-6-10-4-5-11-14(10,8-12(16)17)20-13(2,3)19-11/h6,11H,4-5,7-8H2,1-3H3,(H,16,17)/b10-6-/t11-,14+/m0/s1. The molecule has 0 aromatic rings. The first-order chi connectivity index (χ1) is 9.25. The predicted octanol–water partition coefficient (Wildman–Crippen LogP) is 1.63. The Balaban J connectivity index is 2.23. The highest BCUT2D eigenvalue weighted by Crippen LogP contribution is 2.51. The first-order valence-corrected chi connectivity index (χ1v) is 6.68. The van der Waals surface area contributed by atoms with Crippen molar-refractivity contribution in [3.63, 3.8) is 0 Å². The predicted molar refractivity (Wildman–Crippen MR) is 69.0 cm³/mol. The lowest BCUT2D eigenvalue weighted by Gasteiger charge is -2.28. The number of fused-ring (bicyclic) bond motifs is 1. The van der Waals surface area contributed by atoms with E-state index < -0.39 is 17.4 Å². The van der Waals surface area contributed by atoms with Gasteiger partial charge in [0.25, 0.3) is 0 Å². The summed E-state index contributed by atoms with van der Waals surface area (Å²) in [5.74, 6) is -2.11. The lowest BCUT2D eigenvalue weighted by molar-refractivity contribution is -0.166. The number of aliphatic carboxylic acids is 1. The quantitative estimate of drug-likeness (QED) is 0.624. The van der Waals surface area contributed by atoms with E-state index in [4.69, 9.17) is 19.3 Å². The summed E-state index contributed by atoms with van der Waals surface area (Å²) in [5, 5.41) is 9.17. The number of carbonyl (C=O) groups excluding carboxylic acids is 1. The van der Waals surface area contributed by atoms with E-state index in [0.717, 1.165) is 5.57 Å². The van der Waals surface area contributed by atoms with Crippen LogP contribution in [0.5, 0.6) is 0 Å². The molecule has 0 aromatic heterocycles. The van der Waals surface area contributed by atoms with Crippen LogP contribution in [0.3, 0.4) is 0 Å². The molecule has 6 nitrogen and oxygen atoms in total. The van der Waals surface area contributed by atoms with Crippen molar-refractivity contribution in [3.05, 3.63) is 11.6 Å². The molecular formula is C14H20O6. The maximum atomic E-state index is 11.2. The molecule has 0 amide bonds. The van der Waals surface area contributed by atoms with E-state index in [9.17, 15) is 9.59 Å². The van der Waals surface area contributed by atoms with Crippen LogP contribution in [0.1, 0.15) is 40.0 Å². The fraction of sp³-hybridized carbons (Fsp3) is 0.714. The minimum atomic E-state index is -0.935. The Kier molecular flexibility index (Phi) is 3.88. The van der Waals surface area contributed by atoms with Gasteiger partial charge < -0.3 is 19.3 Å². The minimum absolute atomic E-state index is 0.128. The molecule has 6 heteroatoms. The Labute approximate surface area is 117 Å². The zero-order chi connectivity index (χ0) is 15.0. The molecule has 2 atom stereocenters. The van der Waals surface area contributed by atoms with E-state index in [2.05, 4.69) is 0 Å². The molecule has 1 aliphatic heterocycles. The average Bonchev–Trinajstić information content (AvgIpc) is 2.68. The maximum absolute atomic E-state index is 11.2. The molecule has 1 heterocycles. The van der Waals surface area contributed by atoms with Gasteiger partial charge in [0.2, 0.25) is 0 Å². The number of carboxylic acid groups (broad SMARTS) is 1. The number of carboxylic acids is 1. The summed E-state index contributed by atoms with van der Waals surface area (Å²) >= 11 is 0. The van der Waals surface area contributed by atoms with E-state index in [1.165, 1.54) is 6.92 Å². The minimum Gasteiger partial charge on any atom is -0.481 e. The first kappa shape index (κ1) is 15.0. The molecule has 0 unspecified atom stereocenters. The summed E-state index contributed by atoms with van der Waals surface area (Å²) in [4.78, 5) is 22.0. The van der Waals surface area contributed by atoms with Gasteiger partial charge in [-0.1, -0.05) is 0 Å². The van der Waals surface area contributed by atoms with E-state index in [0.29, 0.717) is 12.8 Å². The molecule has 1 saturated heterocycles. The van der Waals surface area contributed by atoms with Crippen molar-refractivity contribution in [1.29, 1.82) is 0 Å². The third-order valence-corrected chi connectivity index (χ3v) is 3.62. The Hall–Kier alpha value is -1.40. The molecule has 2 fully saturated rings. The fourth-order valence-electron chi connectivity index (χ4n) is 3.05. The third-order valence-electron chi connectivity index (χ3n) is 3.62. The van der Waals surface area contributed by atoms with E-state index in [1.54, 1.807) is 19.9 Å². The van der Waals surface area contributed by atoms with Crippen LogP contribution in [-0.2, 0) is 23.8 Å². The first-order valence-electron chi connectivity index (χ1n) is 6.68. The van der Waals surface area contributed by atoms with Crippen LogP contribution < -0.4 is 0 Å². The van der Waals surface area contributed by atoms with E-state index in [-0.39, 0.29) is 25.1 Å². The van der Waals surface area contributed by atoms with Crippen LogP contribution in [0, 0.1) is 0 Å². The Morgan fingerprint density at radius 1 is 1.50 bits per heavy atom. The molecule has 2 rings (SSSR count). The Morgan fingerprint density at radius 2 is 2.20 bits per heavy atom. The van der Waals surface area contributed by atoms with Crippen LogP contribution in [0.25, 0.3) is 0 Å². The lowest BCUT2D eigenvalue weighted by atomic mass is 9.91. The summed E-state index contributed by atoms with van der Waals surface area (Å²) in [6, 6.07) is 0. The molecular weight excluding hydrogens is 264 g/mol. The van der Waals surface area contributed by atoms with E-state index >= 15 is 0 Å². The SMILES string of the molecule is CC(=O)OC/C=C1/CC[C@@H]2OC(C)(C)O[C@]12CC(=O)O. The van der Waals surface area contributed by atoms with Gasteiger partial charge in [-0.2, -0.15) is 0 Å². The van der Waals surface area contributed by atoms with Crippen LogP contribution in [-0.4, -0.2) is 41.1 Å². The summed E-state index contributed by atoms with van der Waals surface area (Å²) in [6.07, 6.45) is 2.73. The van der Waals surface area contributed by atoms with Gasteiger partial charge in [-0.25, -0.2) is 0 Å². The van der Waals surface area contributed by atoms with Crippen LogP contribution >= 0.6 is 0 Å². The molecule has 1 saturated carbocycles. The molecule has 2 aliphatic rings. The van der Waals surface area contributed by atoms with Crippen molar-refractivity contribution in [3.8, 4) is 0 Å². The van der Waals surface area contributed by atoms with Gasteiger partial charge in [0.15, 0.2) is 5.79 Å². The van der Waals surface area contributed by atoms with E-state index in [1.807, 2.05) is 0 Å². The van der Waals surface area contributed by atoms with Crippen LogP contribution in [0.15, 0.2) is 11.6 Å². The van der Waals surface area contributed by atoms with Crippen LogP contribution in [0.4, 0.5) is 0 Å². The number of esters is 1. The molecule has 0 radical (unpaired) electrons. The summed E-state index contributed by atoms with van der Waals surface area (Å²) in [6.45, 7) is 5.01. The largest absolute Gasteiger partial charge is 0.481 e. The topological polar surface area (TPSA) is 82.1 Å². The van der Waals surface area contributed by atoms with Crippen molar-refractivity contribution in [2.24, 2.45) is 0 Å². The van der Waals surface area contributed by atoms with Gasteiger partial charge in [0.1, 0.15) is 12.2 Å². The van der Waals surface area contributed by atoms with Crippen LogP contribution in [0.2, 0.25) is 0 Å². The maximum Gasteiger partial charge on any atom is 0.306 e. The van der Waals surface area contributed by atoms with Crippen molar-refractivity contribution in [2.45, 2.75) is 57.5 Å². The van der Waals surface area contributed by atoms with Crippen molar-refractivity contribution in [1.82, 2.24) is 0 Å². The molecule has 20 heavy (non-hydrogen) atoms. The Morgan fingerprint density at radius 3 is 2.80 bits per heavy atom. The second-order valence-electron chi connectivity index (χ2n) is 5.64. The Bertz CT molecular complexity index is 453.